The van der Waals surface area contributed by atoms with E-state index in [2.05, 4.69) is 17.1 Å². The van der Waals surface area contributed by atoms with E-state index in [9.17, 15) is 0 Å². The lowest BCUT2D eigenvalue weighted by Gasteiger charge is -1.97. The van der Waals surface area contributed by atoms with Gasteiger partial charge in [-0.15, -0.1) is 0 Å². The molecular weight excluding hydrogens is 154 g/mol. The molecule has 1 aliphatic carbocycles. The third-order valence-corrected chi connectivity index (χ3v) is 2.37. The van der Waals surface area contributed by atoms with E-state index in [4.69, 9.17) is 10.3 Å². The van der Waals surface area contributed by atoms with Crippen LogP contribution in [0.2, 0.25) is 0 Å². The van der Waals surface area contributed by atoms with Gasteiger partial charge in [-0.1, -0.05) is 12.1 Å². The molecule has 12 heavy (non-hydrogen) atoms. The predicted molar refractivity (Wildman–Crippen MR) is 43.5 cm³/mol. The van der Waals surface area contributed by atoms with E-state index < -0.39 is 0 Å². The minimum atomic E-state index is -0.159. The first-order valence-corrected chi connectivity index (χ1v) is 4.21. The second-order valence-electron chi connectivity index (χ2n) is 3.81. The van der Waals surface area contributed by atoms with Gasteiger partial charge in [0.15, 0.2) is 5.82 Å². The Bertz CT molecular complexity index is 288. The molecule has 0 bridgehead atoms. The van der Waals surface area contributed by atoms with E-state index in [0.29, 0.717) is 5.89 Å². The summed E-state index contributed by atoms with van der Waals surface area (Å²) in [5.74, 6) is 1.35. The fourth-order valence-electron chi connectivity index (χ4n) is 1.08. The van der Waals surface area contributed by atoms with Gasteiger partial charge >= 0.3 is 0 Å². The van der Waals surface area contributed by atoms with Gasteiger partial charge < -0.3 is 10.3 Å². The Labute approximate surface area is 71.1 Å². The summed E-state index contributed by atoms with van der Waals surface area (Å²) in [5, 5.41) is 3.91. The third-order valence-electron chi connectivity index (χ3n) is 2.37. The van der Waals surface area contributed by atoms with Gasteiger partial charge in [0.05, 0.1) is 6.04 Å². The summed E-state index contributed by atoms with van der Waals surface area (Å²) in [7, 11) is 0. The normalized spacial score (nSPS) is 22.2. The average Bonchev–Trinajstić information content (AvgIpc) is 2.61. The number of hydrogen-bond donors (Lipinski definition) is 1. The van der Waals surface area contributed by atoms with Gasteiger partial charge in [0.1, 0.15) is 0 Å². The Morgan fingerprint density at radius 1 is 1.58 bits per heavy atom. The van der Waals surface area contributed by atoms with Crippen molar-refractivity contribution in [3.63, 3.8) is 0 Å². The van der Waals surface area contributed by atoms with Crippen LogP contribution >= 0.6 is 0 Å². The monoisotopic (exact) mass is 167 g/mol. The molecule has 66 valence electrons. The van der Waals surface area contributed by atoms with Crippen LogP contribution in [0.25, 0.3) is 0 Å². The molecule has 4 nitrogen and oxygen atoms in total. The summed E-state index contributed by atoms with van der Waals surface area (Å²) in [6.07, 6.45) is 2.32. The maximum atomic E-state index is 5.59. The molecule has 1 atom stereocenters. The minimum Gasteiger partial charge on any atom is -0.338 e. The van der Waals surface area contributed by atoms with Gasteiger partial charge in [-0.2, -0.15) is 4.98 Å². The highest BCUT2D eigenvalue weighted by atomic mass is 16.5. The molecular formula is C8H13N3O. The van der Waals surface area contributed by atoms with Crippen molar-refractivity contribution >= 4 is 0 Å². The predicted octanol–water partition coefficient (Wildman–Crippen LogP) is 1.14. The van der Waals surface area contributed by atoms with E-state index in [-0.39, 0.29) is 11.5 Å². The van der Waals surface area contributed by atoms with E-state index in [1.165, 1.54) is 0 Å². The zero-order valence-corrected chi connectivity index (χ0v) is 7.37. The number of aromatic nitrogens is 2. The zero-order chi connectivity index (χ0) is 8.77. The van der Waals surface area contributed by atoms with Crippen LogP contribution in [-0.4, -0.2) is 10.1 Å². The first kappa shape index (κ1) is 7.73. The van der Waals surface area contributed by atoms with Crippen LogP contribution in [0.1, 0.15) is 44.4 Å². The molecule has 0 unspecified atom stereocenters. The Balaban J connectivity index is 2.25. The lowest BCUT2D eigenvalue weighted by molar-refractivity contribution is 0.354. The number of nitrogens with two attached hydrogens (primary N) is 1. The minimum absolute atomic E-state index is 0.159. The summed E-state index contributed by atoms with van der Waals surface area (Å²) in [4.78, 5) is 4.24. The second kappa shape index (κ2) is 2.29. The van der Waals surface area contributed by atoms with Crippen LogP contribution in [0.15, 0.2) is 4.52 Å². The van der Waals surface area contributed by atoms with Crippen LogP contribution < -0.4 is 5.73 Å². The van der Waals surface area contributed by atoms with Crippen molar-refractivity contribution in [1.29, 1.82) is 0 Å². The molecule has 1 heterocycles. The van der Waals surface area contributed by atoms with Gasteiger partial charge in [0, 0.05) is 5.41 Å². The smallest absolute Gasteiger partial charge is 0.243 e. The maximum absolute atomic E-state index is 5.59. The summed E-state index contributed by atoms with van der Waals surface area (Å²) in [6.45, 7) is 3.98. The van der Waals surface area contributed by atoms with Gasteiger partial charge in [0.25, 0.3) is 0 Å². The standard InChI is InChI=1S/C8H13N3O/c1-5(9)6-10-7(11-12-6)8(2)3-4-8/h5H,3-4,9H2,1-2H3/t5-/m1/s1. The van der Waals surface area contributed by atoms with Gasteiger partial charge in [0.2, 0.25) is 5.89 Å². The van der Waals surface area contributed by atoms with Crippen LogP contribution in [0.5, 0.6) is 0 Å². The summed E-state index contributed by atoms with van der Waals surface area (Å²) >= 11 is 0. The van der Waals surface area contributed by atoms with Crippen LogP contribution in [0.4, 0.5) is 0 Å². The van der Waals surface area contributed by atoms with Gasteiger partial charge in [-0.25, -0.2) is 0 Å². The molecule has 0 saturated heterocycles. The first-order valence-electron chi connectivity index (χ1n) is 4.21. The van der Waals surface area contributed by atoms with Crippen molar-refractivity contribution in [2.45, 2.75) is 38.1 Å². The maximum Gasteiger partial charge on any atom is 0.243 e. The largest absolute Gasteiger partial charge is 0.338 e. The number of nitrogens with zero attached hydrogens (tertiary/aromatic N) is 2. The fraction of sp³-hybridized carbons (Fsp3) is 0.750. The lowest BCUT2D eigenvalue weighted by Crippen LogP contribution is -2.07. The fourth-order valence-corrected chi connectivity index (χ4v) is 1.08. The molecule has 4 heteroatoms. The molecule has 2 rings (SSSR count). The Morgan fingerprint density at radius 3 is 2.67 bits per heavy atom. The second-order valence-corrected chi connectivity index (χ2v) is 3.81. The zero-order valence-electron chi connectivity index (χ0n) is 7.37. The molecule has 1 aliphatic rings. The Morgan fingerprint density at radius 2 is 2.25 bits per heavy atom. The van der Waals surface area contributed by atoms with E-state index >= 15 is 0 Å². The van der Waals surface area contributed by atoms with E-state index in [1.807, 2.05) is 6.92 Å². The van der Waals surface area contributed by atoms with Crippen LogP contribution in [0, 0.1) is 0 Å². The number of rotatable bonds is 2. The van der Waals surface area contributed by atoms with Crippen molar-refractivity contribution in [3.05, 3.63) is 11.7 Å². The van der Waals surface area contributed by atoms with Gasteiger partial charge in [-0.3, -0.25) is 0 Å². The molecule has 1 aromatic heterocycles. The van der Waals surface area contributed by atoms with Crippen molar-refractivity contribution in [2.75, 3.05) is 0 Å². The quantitative estimate of drug-likeness (QED) is 0.717. The van der Waals surface area contributed by atoms with Crippen molar-refractivity contribution in [2.24, 2.45) is 5.73 Å². The van der Waals surface area contributed by atoms with Crippen molar-refractivity contribution in [3.8, 4) is 0 Å². The van der Waals surface area contributed by atoms with Crippen molar-refractivity contribution < 1.29 is 4.52 Å². The van der Waals surface area contributed by atoms with Gasteiger partial charge in [-0.05, 0) is 19.8 Å². The lowest BCUT2D eigenvalue weighted by atomic mass is 10.1. The number of hydrogen-bond acceptors (Lipinski definition) is 4. The SMILES string of the molecule is C[C@@H](N)c1nc(C2(C)CC2)no1. The highest BCUT2D eigenvalue weighted by Crippen LogP contribution is 2.46. The average molecular weight is 167 g/mol. The third kappa shape index (κ3) is 1.12. The van der Waals surface area contributed by atoms with Crippen LogP contribution in [0.3, 0.4) is 0 Å². The molecule has 0 radical (unpaired) electrons. The highest BCUT2D eigenvalue weighted by molar-refractivity contribution is 5.14. The summed E-state index contributed by atoms with van der Waals surface area (Å²) < 4.78 is 5.01. The molecule has 0 aromatic carbocycles. The topological polar surface area (TPSA) is 64.9 Å². The summed E-state index contributed by atoms with van der Waals surface area (Å²) in [6, 6.07) is -0.159. The molecule has 1 aromatic rings. The highest BCUT2D eigenvalue weighted by Gasteiger charge is 2.43. The molecule has 1 saturated carbocycles. The molecule has 0 amide bonds. The Hall–Kier alpha value is -0.900. The Kier molecular flexibility index (Phi) is 1.48. The molecule has 1 fully saturated rings. The van der Waals surface area contributed by atoms with Crippen molar-refractivity contribution in [1.82, 2.24) is 10.1 Å². The van der Waals surface area contributed by atoms with E-state index in [1.54, 1.807) is 0 Å². The first-order chi connectivity index (χ1) is 5.62. The molecule has 2 N–H and O–H groups in total. The van der Waals surface area contributed by atoms with Crippen LogP contribution in [-0.2, 0) is 5.41 Å². The molecule has 0 spiro atoms. The molecule has 0 aliphatic heterocycles. The van der Waals surface area contributed by atoms with E-state index in [0.717, 1.165) is 18.7 Å². The summed E-state index contributed by atoms with van der Waals surface area (Å²) in [5.41, 5.74) is 5.77.